The highest BCUT2D eigenvalue weighted by atomic mass is 35.5. The van der Waals surface area contributed by atoms with Crippen molar-refractivity contribution in [3.63, 3.8) is 0 Å². The second kappa shape index (κ2) is 6.77. The summed E-state index contributed by atoms with van der Waals surface area (Å²) in [6.45, 7) is 0. The van der Waals surface area contributed by atoms with Gasteiger partial charge in [-0.05, 0) is 40.6 Å². The minimum absolute atomic E-state index is 0.233. The fourth-order valence-electron chi connectivity index (χ4n) is 2.11. The second-order valence-corrected chi connectivity index (χ2v) is 6.32. The topological polar surface area (TPSA) is 108 Å². The molecule has 0 spiro atoms. The molecule has 0 aliphatic heterocycles. The van der Waals surface area contributed by atoms with Crippen LogP contribution < -0.4 is 16.5 Å². The number of aromatic amines is 1. The van der Waals surface area contributed by atoms with Crippen molar-refractivity contribution in [3.05, 3.63) is 58.2 Å². The Morgan fingerprint density at radius 1 is 1.38 bits per heavy atom. The van der Waals surface area contributed by atoms with E-state index in [1.807, 2.05) is 6.07 Å². The van der Waals surface area contributed by atoms with E-state index in [-0.39, 0.29) is 5.84 Å². The maximum atomic E-state index is 10.7. The lowest BCUT2D eigenvalue weighted by Crippen LogP contribution is -2.16. The lowest BCUT2D eigenvalue weighted by atomic mass is 10.0. The standard InChI is InChI=1S/C16H12ClN5OS/c17-12-2-1-5-20-14(12)9-3-4-13(18)11(6-9)15(19)22-16-21-7-10(8-23)24-16/h1-8H,18H2,(H2,19,21,22)/p+1. The normalized spacial score (nSPS) is 11.5. The highest BCUT2D eigenvalue weighted by Crippen LogP contribution is 2.28. The van der Waals surface area contributed by atoms with Gasteiger partial charge in [-0.2, -0.15) is 0 Å². The maximum absolute atomic E-state index is 10.7. The van der Waals surface area contributed by atoms with Crippen LogP contribution in [0.25, 0.3) is 11.3 Å². The van der Waals surface area contributed by atoms with Crippen LogP contribution >= 0.6 is 22.9 Å². The summed E-state index contributed by atoms with van der Waals surface area (Å²) in [4.78, 5) is 22.7. The molecule has 3 aromatic rings. The van der Waals surface area contributed by atoms with Gasteiger partial charge in [0.2, 0.25) is 5.84 Å². The summed E-state index contributed by atoms with van der Waals surface area (Å²) in [5, 5.41) is 1.04. The summed E-state index contributed by atoms with van der Waals surface area (Å²) < 4.78 is 0. The Kier molecular flexibility index (Phi) is 4.54. The first-order valence-corrected chi connectivity index (χ1v) is 8.09. The third-order valence-electron chi connectivity index (χ3n) is 3.25. The van der Waals surface area contributed by atoms with Crippen LogP contribution in [-0.4, -0.2) is 17.1 Å². The number of aliphatic imine (C=N–C) groups is 1. The number of aldehydes is 1. The van der Waals surface area contributed by atoms with Crippen LogP contribution in [-0.2, 0) is 0 Å². The lowest BCUT2D eigenvalue weighted by molar-refractivity contribution is -0.356. The summed E-state index contributed by atoms with van der Waals surface area (Å²) in [6, 6.07) is 8.86. The van der Waals surface area contributed by atoms with E-state index < -0.39 is 0 Å². The van der Waals surface area contributed by atoms with Crippen LogP contribution in [0.15, 0.2) is 47.7 Å². The summed E-state index contributed by atoms with van der Waals surface area (Å²) in [5.41, 5.74) is 14.6. The number of amidine groups is 1. The van der Waals surface area contributed by atoms with Gasteiger partial charge in [0.15, 0.2) is 6.29 Å². The number of pyridine rings is 1. The number of benzene rings is 1. The van der Waals surface area contributed by atoms with Crippen LogP contribution in [0.3, 0.4) is 0 Å². The molecule has 5 N–H and O–H groups in total. The Hall–Kier alpha value is -2.77. The van der Waals surface area contributed by atoms with Crippen molar-refractivity contribution in [1.82, 2.24) is 4.98 Å². The summed E-state index contributed by atoms with van der Waals surface area (Å²) >= 11 is 7.39. The molecule has 0 aliphatic carbocycles. The number of nitrogens with two attached hydrogens (primary N) is 2. The summed E-state index contributed by atoms with van der Waals surface area (Å²) in [5.74, 6) is 0.233. The van der Waals surface area contributed by atoms with Crippen LogP contribution in [0.5, 0.6) is 0 Å². The lowest BCUT2D eigenvalue weighted by Gasteiger charge is -2.07. The zero-order valence-electron chi connectivity index (χ0n) is 12.4. The van der Waals surface area contributed by atoms with Crippen molar-refractivity contribution in [2.24, 2.45) is 10.7 Å². The van der Waals surface area contributed by atoms with Gasteiger partial charge in [-0.25, -0.2) is 4.98 Å². The van der Waals surface area contributed by atoms with Crippen LogP contribution in [0, 0.1) is 0 Å². The number of carbonyl (C=O) groups excluding carboxylic acids is 1. The summed E-state index contributed by atoms with van der Waals surface area (Å²) in [7, 11) is 0. The van der Waals surface area contributed by atoms with E-state index in [1.165, 1.54) is 11.3 Å². The van der Waals surface area contributed by atoms with Gasteiger partial charge in [0.05, 0.1) is 16.3 Å². The Morgan fingerprint density at radius 2 is 2.21 bits per heavy atom. The minimum Gasteiger partial charge on any atom is -0.398 e. The van der Waals surface area contributed by atoms with Crippen molar-refractivity contribution in [2.45, 2.75) is 0 Å². The molecule has 0 fully saturated rings. The monoisotopic (exact) mass is 358 g/mol. The number of rotatable bonds is 4. The van der Waals surface area contributed by atoms with E-state index in [0.717, 1.165) is 11.8 Å². The van der Waals surface area contributed by atoms with Gasteiger partial charge in [-0.3, -0.25) is 9.78 Å². The van der Waals surface area contributed by atoms with Gasteiger partial charge in [-0.1, -0.05) is 17.7 Å². The first kappa shape index (κ1) is 16.1. The highest BCUT2D eigenvalue weighted by Gasteiger charge is 2.15. The predicted molar refractivity (Wildman–Crippen MR) is 95.7 cm³/mol. The van der Waals surface area contributed by atoms with Crippen molar-refractivity contribution >= 4 is 45.9 Å². The average Bonchev–Trinajstić information content (AvgIpc) is 3.03. The van der Waals surface area contributed by atoms with Crippen LogP contribution in [0.1, 0.15) is 15.2 Å². The Morgan fingerprint density at radius 3 is 2.92 bits per heavy atom. The number of carbonyl (C=O) groups is 1. The minimum atomic E-state index is 0.233. The molecule has 2 heterocycles. The number of anilines is 1. The molecule has 120 valence electrons. The highest BCUT2D eigenvalue weighted by molar-refractivity contribution is 7.16. The number of halogens is 1. The third kappa shape index (κ3) is 3.27. The molecule has 2 aromatic heterocycles. The number of nitrogens with one attached hydrogen (secondary N) is 1. The van der Waals surface area contributed by atoms with Crippen molar-refractivity contribution in [2.75, 3.05) is 5.73 Å². The molecule has 6 nitrogen and oxygen atoms in total. The number of nitrogen functional groups attached to an aromatic ring is 1. The van der Waals surface area contributed by atoms with E-state index >= 15 is 0 Å². The van der Waals surface area contributed by atoms with Crippen molar-refractivity contribution in [3.8, 4) is 11.3 Å². The number of nitrogens with zero attached hydrogens (tertiary/aromatic N) is 2. The maximum Gasteiger partial charge on any atom is 0.382 e. The molecule has 0 amide bonds. The number of hydrogen-bond acceptors (Lipinski definition) is 5. The molecular formula is C16H13ClN5OS+. The molecule has 0 aliphatic rings. The van der Waals surface area contributed by atoms with Gasteiger partial charge >= 0.3 is 5.13 Å². The predicted octanol–water partition coefficient (Wildman–Crippen LogP) is 2.71. The Labute approximate surface area is 146 Å². The Bertz CT molecular complexity index is 938. The van der Waals surface area contributed by atoms with E-state index in [4.69, 9.17) is 23.1 Å². The van der Waals surface area contributed by atoms with Gasteiger partial charge in [0.1, 0.15) is 11.1 Å². The van der Waals surface area contributed by atoms with Gasteiger partial charge in [0, 0.05) is 17.4 Å². The van der Waals surface area contributed by atoms with Gasteiger partial charge in [-0.15, -0.1) is 0 Å². The molecule has 24 heavy (non-hydrogen) atoms. The number of aromatic nitrogens is 2. The quantitative estimate of drug-likeness (QED) is 0.323. The van der Waals surface area contributed by atoms with Crippen molar-refractivity contribution in [1.29, 1.82) is 0 Å². The van der Waals surface area contributed by atoms with E-state index in [1.54, 1.807) is 36.7 Å². The number of thiazole rings is 1. The largest absolute Gasteiger partial charge is 0.398 e. The average molecular weight is 359 g/mol. The molecule has 0 bridgehead atoms. The van der Waals surface area contributed by atoms with E-state index in [9.17, 15) is 4.79 Å². The molecule has 0 saturated heterocycles. The fourth-order valence-corrected chi connectivity index (χ4v) is 2.99. The molecular weight excluding hydrogens is 346 g/mol. The van der Waals surface area contributed by atoms with E-state index in [0.29, 0.717) is 32.0 Å². The third-order valence-corrected chi connectivity index (χ3v) is 4.41. The zero-order valence-corrected chi connectivity index (χ0v) is 13.9. The Balaban J connectivity index is 2.02. The molecule has 0 unspecified atom stereocenters. The summed E-state index contributed by atoms with van der Waals surface area (Å²) in [6.07, 6.45) is 3.97. The molecule has 0 saturated carbocycles. The number of H-pyrrole nitrogens is 1. The van der Waals surface area contributed by atoms with Crippen molar-refractivity contribution < 1.29 is 9.78 Å². The first-order valence-electron chi connectivity index (χ1n) is 6.90. The van der Waals surface area contributed by atoms with Gasteiger partial charge < -0.3 is 11.5 Å². The molecule has 8 heteroatoms. The van der Waals surface area contributed by atoms with Crippen LogP contribution in [0.4, 0.5) is 10.8 Å². The molecule has 0 atom stereocenters. The second-order valence-electron chi connectivity index (χ2n) is 4.85. The SMILES string of the molecule is N/C(=N\c1[nH+]cc(C=O)s1)c1cc(-c2ncccc2Cl)ccc1N. The molecule has 0 radical (unpaired) electrons. The smallest absolute Gasteiger partial charge is 0.382 e. The zero-order chi connectivity index (χ0) is 17.1. The molecule has 1 aromatic carbocycles. The van der Waals surface area contributed by atoms with Crippen LogP contribution in [0.2, 0.25) is 5.02 Å². The number of hydrogen-bond donors (Lipinski definition) is 2. The van der Waals surface area contributed by atoms with E-state index in [2.05, 4.69) is 15.0 Å². The molecule has 3 rings (SSSR count). The fraction of sp³-hybridized carbons (Fsp3) is 0. The van der Waals surface area contributed by atoms with Gasteiger partial charge in [0.25, 0.3) is 0 Å². The first-order chi connectivity index (χ1) is 11.6.